The third-order valence-corrected chi connectivity index (χ3v) is 5.90. The van der Waals surface area contributed by atoms with Crippen LogP contribution in [0.4, 0.5) is 0 Å². The molecule has 0 aliphatic carbocycles. The number of amides is 1. The smallest absolute Gasteiger partial charge is 0.251 e. The molecule has 3 N–H and O–H groups in total. The van der Waals surface area contributed by atoms with Gasteiger partial charge in [-0.3, -0.25) is 4.79 Å². The van der Waals surface area contributed by atoms with Crippen molar-refractivity contribution in [3.05, 3.63) is 29.8 Å². The van der Waals surface area contributed by atoms with Crippen molar-refractivity contribution < 1.29 is 17.9 Å². The van der Waals surface area contributed by atoms with Crippen LogP contribution in [0.15, 0.2) is 29.2 Å². The fraction of sp³-hybridized carbons (Fsp3) is 0.588. The molecule has 1 fully saturated rings. The number of nitrogens with one attached hydrogen (secondary N) is 1. The zero-order valence-electron chi connectivity index (χ0n) is 15.2. The lowest BCUT2D eigenvalue weighted by Gasteiger charge is -2.34. The summed E-state index contributed by atoms with van der Waals surface area (Å²) in [5.74, 6) is -0.213. The summed E-state index contributed by atoms with van der Waals surface area (Å²) in [5.41, 5.74) is 5.85. The van der Waals surface area contributed by atoms with E-state index in [9.17, 15) is 13.2 Å². The lowest BCUT2D eigenvalue weighted by molar-refractivity contribution is -0.0440. The van der Waals surface area contributed by atoms with Gasteiger partial charge in [-0.1, -0.05) is 0 Å². The van der Waals surface area contributed by atoms with Crippen LogP contribution >= 0.6 is 12.4 Å². The summed E-state index contributed by atoms with van der Waals surface area (Å²) in [5, 5.41) is 2.80. The largest absolute Gasteiger partial charge is 0.373 e. The second kappa shape index (κ2) is 10.2. The molecule has 0 saturated carbocycles. The molecule has 1 aliphatic heterocycles. The predicted molar refractivity (Wildman–Crippen MR) is 103 cm³/mol. The number of halogens is 1. The lowest BCUT2D eigenvalue weighted by atomic mass is 10.2. The van der Waals surface area contributed by atoms with E-state index < -0.39 is 10.0 Å². The van der Waals surface area contributed by atoms with Gasteiger partial charge in [0.1, 0.15) is 0 Å². The van der Waals surface area contributed by atoms with Gasteiger partial charge in [-0.2, -0.15) is 4.31 Å². The van der Waals surface area contributed by atoms with Crippen molar-refractivity contribution in [3.63, 3.8) is 0 Å². The van der Waals surface area contributed by atoms with E-state index in [0.717, 1.165) is 12.8 Å². The highest BCUT2D eigenvalue weighted by Gasteiger charge is 2.32. The molecular weight excluding hydrogens is 378 g/mol. The minimum absolute atomic E-state index is 0. The molecule has 7 nitrogen and oxygen atoms in total. The van der Waals surface area contributed by atoms with Gasteiger partial charge in [0.2, 0.25) is 10.0 Å². The molecule has 2 rings (SSSR count). The summed E-state index contributed by atoms with van der Waals surface area (Å²) in [4.78, 5) is 12.2. The van der Waals surface area contributed by atoms with Crippen LogP contribution in [0, 0.1) is 0 Å². The van der Waals surface area contributed by atoms with E-state index >= 15 is 0 Å². The minimum atomic E-state index is -3.59. The van der Waals surface area contributed by atoms with Crippen molar-refractivity contribution in [2.24, 2.45) is 5.73 Å². The number of rotatable bonds is 7. The van der Waals surface area contributed by atoms with E-state index in [0.29, 0.717) is 31.7 Å². The Balaban J connectivity index is 0.00000338. The Bertz CT molecular complexity index is 672. The molecule has 1 amide bonds. The fourth-order valence-corrected chi connectivity index (χ4v) is 4.42. The Morgan fingerprint density at radius 1 is 1.19 bits per heavy atom. The molecule has 148 valence electrons. The monoisotopic (exact) mass is 405 g/mol. The predicted octanol–water partition coefficient (Wildman–Crippen LogP) is 1.38. The first-order chi connectivity index (χ1) is 11.8. The molecule has 0 aromatic heterocycles. The van der Waals surface area contributed by atoms with Crippen LogP contribution in [0.5, 0.6) is 0 Å². The average Bonchev–Trinajstić information content (AvgIpc) is 2.58. The molecule has 0 radical (unpaired) electrons. The molecule has 0 bridgehead atoms. The van der Waals surface area contributed by atoms with Gasteiger partial charge in [-0.15, -0.1) is 12.4 Å². The van der Waals surface area contributed by atoms with Crippen molar-refractivity contribution >= 4 is 28.3 Å². The van der Waals surface area contributed by atoms with Crippen LogP contribution in [0.3, 0.4) is 0 Å². The van der Waals surface area contributed by atoms with E-state index in [1.807, 2.05) is 13.8 Å². The van der Waals surface area contributed by atoms with Crippen LogP contribution in [0.2, 0.25) is 0 Å². The lowest BCUT2D eigenvalue weighted by Crippen LogP contribution is -2.48. The van der Waals surface area contributed by atoms with E-state index in [1.54, 1.807) is 12.1 Å². The maximum absolute atomic E-state index is 12.8. The second-order valence-corrected chi connectivity index (χ2v) is 8.29. The van der Waals surface area contributed by atoms with Crippen LogP contribution in [0.1, 0.15) is 37.0 Å². The van der Waals surface area contributed by atoms with Gasteiger partial charge in [-0.05, 0) is 57.5 Å². The summed E-state index contributed by atoms with van der Waals surface area (Å²) in [6.45, 7) is 5.53. The number of nitrogens with two attached hydrogens (primary N) is 1. The molecule has 2 unspecified atom stereocenters. The van der Waals surface area contributed by atoms with E-state index in [4.69, 9.17) is 10.5 Å². The minimum Gasteiger partial charge on any atom is -0.373 e. The van der Waals surface area contributed by atoms with Crippen molar-refractivity contribution in [3.8, 4) is 0 Å². The summed E-state index contributed by atoms with van der Waals surface area (Å²) >= 11 is 0. The van der Waals surface area contributed by atoms with Gasteiger partial charge in [0.05, 0.1) is 17.1 Å². The van der Waals surface area contributed by atoms with E-state index in [1.165, 1.54) is 16.4 Å². The van der Waals surface area contributed by atoms with Gasteiger partial charge in [0.25, 0.3) is 5.91 Å². The Kier molecular flexibility index (Phi) is 8.99. The molecule has 1 aromatic carbocycles. The topological polar surface area (TPSA) is 102 Å². The molecule has 26 heavy (non-hydrogen) atoms. The molecule has 1 heterocycles. The van der Waals surface area contributed by atoms with Gasteiger partial charge < -0.3 is 15.8 Å². The van der Waals surface area contributed by atoms with Crippen LogP contribution in [-0.4, -0.2) is 57.0 Å². The number of morpholine rings is 1. The summed E-state index contributed by atoms with van der Waals surface area (Å²) in [6.07, 6.45) is 1.39. The number of nitrogens with zero attached hydrogens (tertiary/aromatic N) is 1. The van der Waals surface area contributed by atoms with Crippen LogP contribution < -0.4 is 11.1 Å². The highest BCUT2D eigenvalue weighted by molar-refractivity contribution is 7.89. The van der Waals surface area contributed by atoms with Crippen molar-refractivity contribution in [1.82, 2.24) is 9.62 Å². The van der Waals surface area contributed by atoms with E-state index in [2.05, 4.69) is 5.32 Å². The van der Waals surface area contributed by atoms with E-state index in [-0.39, 0.29) is 35.4 Å². The second-order valence-electron chi connectivity index (χ2n) is 6.36. The highest BCUT2D eigenvalue weighted by Crippen LogP contribution is 2.21. The van der Waals surface area contributed by atoms with Gasteiger partial charge in [0.15, 0.2) is 0 Å². The number of ether oxygens (including phenoxy) is 1. The molecule has 9 heteroatoms. The van der Waals surface area contributed by atoms with Gasteiger partial charge >= 0.3 is 0 Å². The first-order valence-corrected chi connectivity index (χ1v) is 10.0. The number of sulfonamides is 1. The standard InChI is InChI=1S/C17H27N3O4S.ClH/c1-13-11-20(12-14(2)24-13)25(22,23)16-7-5-15(6-8-16)17(21)19-10-4-3-9-18;/h5-8,13-14H,3-4,9-12,18H2,1-2H3,(H,19,21);1H. The van der Waals surface area contributed by atoms with Crippen molar-refractivity contribution in [2.45, 2.75) is 43.8 Å². The zero-order chi connectivity index (χ0) is 18.4. The third-order valence-electron chi connectivity index (χ3n) is 4.06. The molecule has 1 aromatic rings. The molecule has 0 spiro atoms. The van der Waals surface area contributed by atoms with Crippen LogP contribution in [0.25, 0.3) is 0 Å². The van der Waals surface area contributed by atoms with Crippen molar-refractivity contribution in [1.29, 1.82) is 0 Å². The number of carbonyl (C=O) groups is 1. The molecule has 1 saturated heterocycles. The molecular formula is C17H28ClN3O4S. The number of unbranched alkanes of at least 4 members (excludes halogenated alkanes) is 1. The molecule has 1 aliphatic rings. The summed E-state index contributed by atoms with van der Waals surface area (Å²) in [7, 11) is -3.59. The fourth-order valence-electron chi connectivity index (χ4n) is 2.83. The Morgan fingerprint density at radius 3 is 2.31 bits per heavy atom. The first-order valence-electron chi connectivity index (χ1n) is 8.58. The van der Waals surface area contributed by atoms with Crippen molar-refractivity contribution in [2.75, 3.05) is 26.2 Å². The van der Waals surface area contributed by atoms with Gasteiger partial charge in [-0.25, -0.2) is 8.42 Å². The first kappa shape index (κ1) is 22.9. The number of hydrogen-bond acceptors (Lipinski definition) is 5. The number of benzene rings is 1. The Hall–Kier alpha value is -1.19. The summed E-state index contributed by atoms with van der Waals surface area (Å²) < 4.78 is 32.5. The Morgan fingerprint density at radius 2 is 1.77 bits per heavy atom. The molecule has 2 atom stereocenters. The third kappa shape index (κ3) is 5.92. The average molecular weight is 406 g/mol. The zero-order valence-corrected chi connectivity index (χ0v) is 16.8. The Labute approximate surface area is 161 Å². The quantitative estimate of drug-likeness (QED) is 0.667. The highest BCUT2D eigenvalue weighted by atomic mass is 35.5. The maximum Gasteiger partial charge on any atom is 0.251 e. The SMILES string of the molecule is CC1CN(S(=O)(=O)c2ccc(C(=O)NCCCCN)cc2)CC(C)O1.Cl. The normalized spacial score (nSPS) is 21.0. The summed E-state index contributed by atoms with van der Waals surface area (Å²) in [6, 6.07) is 6.04. The number of carbonyl (C=O) groups excluding carboxylic acids is 1. The maximum atomic E-state index is 12.8. The number of hydrogen-bond donors (Lipinski definition) is 2. The van der Waals surface area contributed by atoms with Crippen LogP contribution in [-0.2, 0) is 14.8 Å². The van der Waals surface area contributed by atoms with Gasteiger partial charge in [0, 0.05) is 25.2 Å².